The van der Waals surface area contributed by atoms with Gasteiger partial charge in [-0.2, -0.15) is 0 Å². The van der Waals surface area contributed by atoms with Crippen LogP contribution in [0.1, 0.15) is 10.4 Å². The number of fused-ring (bicyclic) bond motifs is 1. The number of nitrogens with one attached hydrogen (secondary N) is 1. The Balaban J connectivity index is 1.50. The second-order valence-corrected chi connectivity index (χ2v) is 8.60. The average Bonchev–Trinajstić information content (AvgIpc) is 2.78. The number of rotatable bonds is 5. The fourth-order valence-electron chi connectivity index (χ4n) is 3.40. The third kappa shape index (κ3) is 3.97. The van der Waals surface area contributed by atoms with Gasteiger partial charge in [-0.3, -0.25) is 19.3 Å². The summed E-state index contributed by atoms with van der Waals surface area (Å²) in [5, 5.41) is 0.732. The van der Waals surface area contributed by atoms with Gasteiger partial charge in [0.1, 0.15) is 4.90 Å². The summed E-state index contributed by atoms with van der Waals surface area (Å²) in [7, 11) is -3.85. The third-order valence-electron chi connectivity index (χ3n) is 5.02. The van der Waals surface area contributed by atoms with Crippen molar-refractivity contribution < 1.29 is 18.0 Å². The lowest BCUT2D eigenvalue weighted by molar-refractivity contribution is -0.119. The number of benzene rings is 2. The molecular formula is C21H20N4O4S. The molecule has 1 aromatic heterocycles. The molecule has 1 fully saturated rings. The summed E-state index contributed by atoms with van der Waals surface area (Å²) in [5.41, 5.74) is 1.21. The number of aromatic nitrogens is 1. The summed E-state index contributed by atoms with van der Waals surface area (Å²) in [6.07, 6.45) is 2.34. The van der Waals surface area contributed by atoms with E-state index in [0.717, 1.165) is 11.8 Å². The Hall–Kier alpha value is -3.46. The lowest BCUT2D eigenvalue weighted by atomic mass is 10.1. The number of nitrogens with zero attached hydrogens (tertiary/aromatic N) is 3. The highest BCUT2D eigenvalue weighted by Crippen LogP contribution is 2.23. The molecule has 1 aliphatic heterocycles. The van der Waals surface area contributed by atoms with E-state index in [-0.39, 0.29) is 10.8 Å². The van der Waals surface area contributed by atoms with E-state index >= 15 is 0 Å². The predicted octanol–water partition coefficient (Wildman–Crippen LogP) is 1.95. The van der Waals surface area contributed by atoms with Gasteiger partial charge in [0.2, 0.25) is 6.41 Å². The molecule has 2 aromatic carbocycles. The van der Waals surface area contributed by atoms with Crippen molar-refractivity contribution in [3.63, 3.8) is 0 Å². The quantitative estimate of drug-likeness (QED) is 0.631. The first-order valence-corrected chi connectivity index (χ1v) is 10.9. The number of para-hydroxylation sites is 1. The molecule has 8 nitrogen and oxygen atoms in total. The van der Waals surface area contributed by atoms with Crippen LogP contribution in [-0.2, 0) is 14.8 Å². The Kier molecular flexibility index (Phi) is 5.37. The SMILES string of the molecule is O=CN1CCN(C(=O)c2ccc(NS(=O)(=O)c3cccc4cccnc34)cc2)CC1. The van der Waals surface area contributed by atoms with Gasteiger partial charge in [0.05, 0.1) is 5.52 Å². The van der Waals surface area contributed by atoms with Gasteiger partial charge in [-0.25, -0.2) is 8.42 Å². The number of anilines is 1. The Morgan fingerprint density at radius 1 is 0.967 bits per heavy atom. The van der Waals surface area contributed by atoms with Gasteiger partial charge in [0.15, 0.2) is 0 Å². The smallest absolute Gasteiger partial charge is 0.264 e. The zero-order valence-electron chi connectivity index (χ0n) is 16.1. The van der Waals surface area contributed by atoms with Crippen LogP contribution in [0.3, 0.4) is 0 Å². The number of sulfonamides is 1. The predicted molar refractivity (Wildman–Crippen MR) is 113 cm³/mol. The van der Waals surface area contributed by atoms with Crippen LogP contribution in [0.25, 0.3) is 10.9 Å². The van der Waals surface area contributed by atoms with Gasteiger partial charge in [-0.15, -0.1) is 0 Å². The fourth-order valence-corrected chi connectivity index (χ4v) is 4.64. The van der Waals surface area contributed by atoms with Crippen LogP contribution in [-0.4, -0.2) is 61.7 Å². The third-order valence-corrected chi connectivity index (χ3v) is 6.43. The van der Waals surface area contributed by atoms with E-state index in [0.29, 0.717) is 42.9 Å². The number of amides is 2. The molecule has 0 aliphatic carbocycles. The lowest BCUT2D eigenvalue weighted by Crippen LogP contribution is -2.48. The number of carbonyl (C=O) groups excluding carboxylic acids is 2. The molecule has 0 atom stereocenters. The highest BCUT2D eigenvalue weighted by atomic mass is 32.2. The van der Waals surface area contributed by atoms with E-state index in [1.807, 2.05) is 0 Å². The number of hydrogen-bond acceptors (Lipinski definition) is 5. The van der Waals surface area contributed by atoms with Crippen molar-refractivity contribution in [3.8, 4) is 0 Å². The maximum absolute atomic E-state index is 12.9. The van der Waals surface area contributed by atoms with Crippen LogP contribution < -0.4 is 4.72 Å². The molecule has 0 spiro atoms. The minimum atomic E-state index is -3.85. The van der Waals surface area contributed by atoms with Crippen molar-refractivity contribution in [1.29, 1.82) is 0 Å². The normalized spacial score (nSPS) is 14.5. The summed E-state index contributed by atoms with van der Waals surface area (Å²) in [6.45, 7) is 1.96. The molecule has 0 bridgehead atoms. The van der Waals surface area contributed by atoms with Crippen molar-refractivity contribution in [2.75, 3.05) is 30.9 Å². The van der Waals surface area contributed by atoms with Gasteiger partial charge >= 0.3 is 0 Å². The highest BCUT2D eigenvalue weighted by Gasteiger charge is 2.22. The van der Waals surface area contributed by atoms with E-state index in [1.54, 1.807) is 64.5 Å². The van der Waals surface area contributed by atoms with Crippen molar-refractivity contribution in [2.24, 2.45) is 0 Å². The molecule has 3 aromatic rings. The molecule has 154 valence electrons. The van der Waals surface area contributed by atoms with Crippen molar-refractivity contribution >= 4 is 38.9 Å². The number of carbonyl (C=O) groups is 2. The summed E-state index contributed by atoms with van der Waals surface area (Å²) in [6, 6.07) is 14.8. The van der Waals surface area contributed by atoms with Crippen molar-refractivity contribution in [3.05, 3.63) is 66.4 Å². The Morgan fingerprint density at radius 3 is 2.37 bits per heavy atom. The Morgan fingerprint density at radius 2 is 1.67 bits per heavy atom. The van der Waals surface area contributed by atoms with E-state index in [4.69, 9.17) is 0 Å². The molecule has 30 heavy (non-hydrogen) atoms. The molecule has 1 N–H and O–H groups in total. The minimum Gasteiger partial charge on any atom is -0.342 e. The minimum absolute atomic E-state index is 0.0915. The zero-order valence-corrected chi connectivity index (χ0v) is 16.9. The summed E-state index contributed by atoms with van der Waals surface area (Å²) >= 11 is 0. The van der Waals surface area contributed by atoms with Crippen LogP contribution in [0.2, 0.25) is 0 Å². The number of hydrogen-bond donors (Lipinski definition) is 1. The van der Waals surface area contributed by atoms with E-state index < -0.39 is 10.0 Å². The molecule has 0 unspecified atom stereocenters. The van der Waals surface area contributed by atoms with Crippen molar-refractivity contribution in [2.45, 2.75) is 4.90 Å². The maximum Gasteiger partial charge on any atom is 0.264 e. The first-order valence-electron chi connectivity index (χ1n) is 9.43. The molecule has 1 aliphatic rings. The zero-order chi connectivity index (χ0) is 21.1. The monoisotopic (exact) mass is 424 g/mol. The van der Waals surface area contributed by atoms with Gasteiger partial charge in [0, 0.05) is 49.0 Å². The Labute approximate surface area is 174 Å². The molecule has 2 amide bonds. The van der Waals surface area contributed by atoms with Crippen LogP contribution in [0.15, 0.2) is 65.7 Å². The molecule has 2 heterocycles. The van der Waals surface area contributed by atoms with E-state index in [9.17, 15) is 18.0 Å². The second kappa shape index (κ2) is 8.11. The van der Waals surface area contributed by atoms with Gasteiger partial charge < -0.3 is 9.80 Å². The maximum atomic E-state index is 12.9. The number of pyridine rings is 1. The van der Waals surface area contributed by atoms with Crippen molar-refractivity contribution in [1.82, 2.24) is 14.8 Å². The first kappa shape index (κ1) is 19.8. The topological polar surface area (TPSA) is 99.7 Å². The molecule has 4 rings (SSSR count). The summed E-state index contributed by atoms with van der Waals surface area (Å²) in [4.78, 5) is 31.0. The van der Waals surface area contributed by atoms with Crippen LogP contribution >= 0.6 is 0 Å². The first-order chi connectivity index (χ1) is 14.5. The molecule has 1 saturated heterocycles. The number of piperazine rings is 1. The molecule has 9 heteroatoms. The summed E-state index contributed by atoms with van der Waals surface area (Å²) in [5.74, 6) is -0.145. The van der Waals surface area contributed by atoms with Gasteiger partial charge in [-0.05, 0) is 36.4 Å². The van der Waals surface area contributed by atoms with Crippen LogP contribution in [0.4, 0.5) is 5.69 Å². The largest absolute Gasteiger partial charge is 0.342 e. The van der Waals surface area contributed by atoms with Crippen LogP contribution in [0, 0.1) is 0 Å². The average molecular weight is 424 g/mol. The molecule has 0 radical (unpaired) electrons. The fraction of sp³-hybridized carbons (Fsp3) is 0.190. The van der Waals surface area contributed by atoms with Gasteiger partial charge in [0.25, 0.3) is 15.9 Å². The summed E-state index contributed by atoms with van der Waals surface area (Å²) < 4.78 is 28.3. The lowest BCUT2D eigenvalue weighted by Gasteiger charge is -2.32. The highest BCUT2D eigenvalue weighted by molar-refractivity contribution is 7.93. The van der Waals surface area contributed by atoms with Gasteiger partial charge in [-0.1, -0.05) is 18.2 Å². The second-order valence-electron chi connectivity index (χ2n) is 6.95. The standard InChI is InChI=1S/C21H20N4O4S/c26-15-24-11-13-25(14-12-24)21(27)17-6-8-18(9-7-17)23-30(28,29)19-5-1-3-16-4-2-10-22-20(16)19/h1-10,15,23H,11-14H2. The van der Waals surface area contributed by atoms with Crippen LogP contribution in [0.5, 0.6) is 0 Å². The molecule has 0 saturated carbocycles. The van der Waals surface area contributed by atoms with E-state index in [1.165, 1.54) is 6.07 Å². The Bertz CT molecular complexity index is 1180. The van der Waals surface area contributed by atoms with E-state index in [2.05, 4.69) is 9.71 Å². The molecular weight excluding hydrogens is 404 g/mol.